The second-order valence-electron chi connectivity index (χ2n) is 1.95. The van der Waals surface area contributed by atoms with E-state index >= 15 is 0 Å². The van der Waals surface area contributed by atoms with Crippen molar-refractivity contribution < 1.29 is 0 Å². The number of terminal acetylenes is 1. The molecule has 0 radical (unpaired) electrons. The van der Waals surface area contributed by atoms with Crippen LogP contribution in [0.15, 0.2) is 16.1 Å². The summed E-state index contributed by atoms with van der Waals surface area (Å²) in [5, 5.41) is 0. The Kier molecular flexibility index (Phi) is 3.46. The Hall–Kier alpha value is -1.03. The van der Waals surface area contributed by atoms with Crippen LogP contribution in [-0.4, -0.2) is 13.3 Å². The first-order valence-corrected chi connectivity index (χ1v) is 2.78. The average molecular weight is 121 g/mol. The lowest BCUT2D eigenvalue weighted by Gasteiger charge is -1.90. The first kappa shape index (κ1) is 7.97. The smallest absolute Gasteiger partial charge is 0.0407 e. The molecule has 48 valence electrons. The predicted molar refractivity (Wildman–Crippen MR) is 41.6 cm³/mol. The molecule has 0 aromatic rings. The van der Waals surface area contributed by atoms with Crippen LogP contribution in [0, 0.1) is 12.3 Å². The van der Waals surface area contributed by atoms with Crippen LogP contribution < -0.4 is 0 Å². The van der Waals surface area contributed by atoms with Crippen molar-refractivity contribution in [3.05, 3.63) is 11.1 Å². The quantitative estimate of drug-likeness (QED) is 0.369. The fourth-order valence-corrected chi connectivity index (χ4v) is 0.440. The van der Waals surface area contributed by atoms with Crippen LogP contribution in [0.2, 0.25) is 0 Å². The van der Waals surface area contributed by atoms with E-state index in [2.05, 4.69) is 10.9 Å². The summed E-state index contributed by atoms with van der Waals surface area (Å²) in [4.78, 5) is 3.80. The maximum Gasteiger partial charge on any atom is 0.0407 e. The highest BCUT2D eigenvalue weighted by atomic mass is 14.6. The van der Waals surface area contributed by atoms with Gasteiger partial charge in [-0.25, -0.2) is 0 Å². The minimum atomic E-state index is 0.873. The molecule has 0 heterocycles. The van der Waals surface area contributed by atoms with Crippen molar-refractivity contribution in [3.63, 3.8) is 0 Å². The normalized spacial score (nSPS) is 9.11. The fraction of sp³-hybridized carbons (Fsp3) is 0.375. The van der Waals surface area contributed by atoms with Gasteiger partial charge in [-0.2, -0.15) is 0 Å². The Morgan fingerprint density at radius 3 is 2.22 bits per heavy atom. The van der Waals surface area contributed by atoms with Gasteiger partial charge in [0.2, 0.25) is 0 Å². The molecule has 0 unspecified atom stereocenters. The molecule has 0 atom stereocenters. The van der Waals surface area contributed by atoms with Crippen LogP contribution in [0.4, 0.5) is 0 Å². The molecular formula is C8H11N. The van der Waals surface area contributed by atoms with Crippen LogP contribution in [0.1, 0.15) is 13.8 Å². The number of hydrogen-bond donors (Lipinski definition) is 0. The summed E-state index contributed by atoms with van der Waals surface area (Å²) < 4.78 is 0. The molecule has 0 fully saturated rings. The molecule has 0 aromatic carbocycles. The fourth-order valence-electron chi connectivity index (χ4n) is 0.440. The zero-order valence-electron chi connectivity index (χ0n) is 6.10. The summed E-state index contributed by atoms with van der Waals surface area (Å²) in [6.07, 6.45) is 6.85. The van der Waals surface area contributed by atoms with E-state index in [-0.39, 0.29) is 0 Å². The van der Waals surface area contributed by atoms with Gasteiger partial charge < -0.3 is 0 Å². The van der Waals surface area contributed by atoms with Gasteiger partial charge in [0.25, 0.3) is 0 Å². The van der Waals surface area contributed by atoms with Crippen molar-refractivity contribution in [1.29, 1.82) is 0 Å². The SMILES string of the molecule is C#CC(C=NC)=C(C)C. The summed E-state index contributed by atoms with van der Waals surface area (Å²) in [6.45, 7) is 3.94. The molecule has 0 aromatic heterocycles. The van der Waals surface area contributed by atoms with Crippen LogP contribution in [0.25, 0.3) is 0 Å². The zero-order chi connectivity index (χ0) is 7.28. The third kappa shape index (κ3) is 2.71. The third-order valence-electron chi connectivity index (χ3n) is 0.952. The molecule has 0 spiro atoms. The number of rotatable bonds is 1. The van der Waals surface area contributed by atoms with Crippen molar-refractivity contribution >= 4 is 6.21 Å². The van der Waals surface area contributed by atoms with E-state index in [0.717, 1.165) is 11.1 Å². The van der Waals surface area contributed by atoms with Gasteiger partial charge in [-0.1, -0.05) is 11.5 Å². The van der Waals surface area contributed by atoms with Crippen molar-refractivity contribution in [3.8, 4) is 12.3 Å². The van der Waals surface area contributed by atoms with E-state index in [4.69, 9.17) is 6.42 Å². The Morgan fingerprint density at radius 1 is 1.56 bits per heavy atom. The van der Waals surface area contributed by atoms with E-state index in [1.807, 2.05) is 13.8 Å². The monoisotopic (exact) mass is 121 g/mol. The van der Waals surface area contributed by atoms with E-state index in [0.29, 0.717) is 0 Å². The minimum Gasteiger partial charge on any atom is -0.295 e. The molecule has 0 saturated carbocycles. The first-order chi connectivity index (χ1) is 4.22. The average Bonchev–Trinajstić information content (AvgIpc) is 1.82. The maximum atomic E-state index is 5.16. The van der Waals surface area contributed by atoms with Gasteiger partial charge in [0.15, 0.2) is 0 Å². The molecule has 0 aliphatic carbocycles. The molecule has 1 nitrogen and oxygen atoms in total. The van der Waals surface area contributed by atoms with E-state index in [1.54, 1.807) is 13.3 Å². The van der Waals surface area contributed by atoms with Gasteiger partial charge in [0, 0.05) is 18.8 Å². The van der Waals surface area contributed by atoms with E-state index in [1.165, 1.54) is 0 Å². The van der Waals surface area contributed by atoms with Crippen LogP contribution in [0.5, 0.6) is 0 Å². The van der Waals surface area contributed by atoms with Crippen molar-refractivity contribution in [1.82, 2.24) is 0 Å². The Bertz CT molecular complexity index is 175. The van der Waals surface area contributed by atoms with E-state index < -0.39 is 0 Å². The van der Waals surface area contributed by atoms with Gasteiger partial charge >= 0.3 is 0 Å². The topological polar surface area (TPSA) is 12.4 Å². The molecule has 1 heteroatoms. The lowest BCUT2D eigenvalue weighted by atomic mass is 10.2. The lowest BCUT2D eigenvalue weighted by Crippen LogP contribution is -1.82. The third-order valence-corrected chi connectivity index (χ3v) is 0.952. The van der Waals surface area contributed by atoms with Crippen molar-refractivity contribution in [2.75, 3.05) is 7.05 Å². The molecule has 0 rings (SSSR count). The lowest BCUT2D eigenvalue weighted by molar-refractivity contribution is 1.37. The molecule has 0 bridgehead atoms. The van der Waals surface area contributed by atoms with Gasteiger partial charge in [-0.05, 0) is 13.8 Å². The van der Waals surface area contributed by atoms with Gasteiger partial charge in [-0.3, -0.25) is 4.99 Å². The Morgan fingerprint density at radius 2 is 2.11 bits per heavy atom. The second kappa shape index (κ2) is 3.91. The highest BCUT2D eigenvalue weighted by molar-refractivity contribution is 5.85. The Balaban J connectivity index is 4.41. The summed E-state index contributed by atoms with van der Waals surface area (Å²) in [6, 6.07) is 0. The summed E-state index contributed by atoms with van der Waals surface area (Å²) in [5.41, 5.74) is 2.00. The molecule has 0 N–H and O–H groups in total. The first-order valence-electron chi connectivity index (χ1n) is 2.78. The molecule has 9 heavy (non-hydrogen) atoms. The predicted octanol–water partition coefficient (Wildman–Crippen LogP) is 1.66. The van der Waals surface area contributed by atoms with Crippen molar-refractivity contribution in [2.45, 2.75) is 13.8 Å². The van der Waals surface area contributed by atoms with Crippen molar-refractivity contribution in [2.24, 2.45) is 4.99 Å². The summed E-state index contributed by atoms with van der Waals surface area (Å²) >= 11 is 0. The standard InChI is InChI=1S/C8H11N/c1-5-8(6-9-4)7(2)3/h1,6H,2-4H3. The molecular weight excluding hydrogens is 110 g/mol. The van der Waals surface area contributed by atoms with Gasteiger partial charge in [-0.15, -0.1) is 6.42 Å². The number of aliphatic imine (C=N–C) groups is 1. The number of nitrogens with zero attached hydrogens (tertiary/aromatic N) is 1. The zero-order valence-corrected chi connectivity index (χ0v) is 6.10. The van der Waals surface area contributed by atoms with E-state index in [9.17, 15) is 0 Å². The van der Waals surface area contributed by atoms with Gasteiger partial charge in [0.1, 0.15) is 0 Å². The van der Waals surface area contributed by atoms with Crippen LogP contribution in [0.3, 0.4) is 0 Å². The highest BCUT2D eigenvalue weighted by Gasteiger charge is 1.86. The Labute approximate surface area is 56.5 Å². The molecule has 0 aliphatic heterocycles. The molecule has 0 saturated heterocycles. The molecule has 0 amide bonds. The summed E-state index contributed by atoms with van der Waals surface area (Å²) in [5.74, 6) is 2.53. The summed E-state index contributed by atoms with van der Waals surface area (Å²) in [7, 11) is 1.71. The largest absolute Gasteiger partial charge is 0.295 e. The van der Waals surface area contributed by atoms with Crippen LogP contribution >= 0.6 is 0 Å². The minimum absolute atomic E-state index is 0.873. The molecule has 0 aliphatic rings. The van der Waals surface area contributed by atoms with Crippen LogP contribution in [-0.2, 0) is 0 Å². The number of hydrogen-bond acceptors (Lipinski definition) is 1. The second-order valence-corrected chi connectivity index (χ2v) is 1.95. The highest BCUT2D eigenvalue weighted by Crippen LogP contribution is 1.96. The number of allylic oxidation sites excluding steroid dienone is 2. The van der Waals surface area contributed by atoms with Gasteiger partial charge in [0.05, 0.1) is 0 Å². The maximum absolute atomic E-state index is 5.16.